The number of hydrogen-bond donors (Lipinski definition) is 1. The SMILES string of the molecule is CC(C)Oc1cccnc1Oc1ccccc1C(=O)O. The highest BCUT2D eigenvalue weighted by molar-refractivity contribution is 5.90. The lowest BCUT2D eigenvalue weighted by molar-refractivity contribution is 0.0694. The predicted octanol–water partition coefficient (Wildman–Crippen LogP) is 3.36. The van der Waals surface area contributed by atoms with Crippen LogP contribution in [0.2, 0.25) is 0 Å². The van der Waals surface area contributed by atoms with Crippen molar-refractivity contribution in [2.45, 2.75) is 20.0 Å². The number of carboxylic acid groups (broad SMARTS) is 1. The number of carbonyl (C=O) groups is 1. The maximum absolute atomic E-state index is 11.1. The van der Waals surface area contributed by atoms with Gasteiger partial charge in [-0.05, 0) is 38.1 Å². The minimum Gasteiger partial charge on any atom is -0.485 e. The van der Waals surface area contributed by atoms with Crippen molar-refractivity contribution in [1.29, 1.82) is 0 Å². The molecule has 5 nitrogen and oxygen atoms in total. The Balaban J connectivity index is 2.33. The first-order chi connectivity index (χ1) is 9.58. The molecule has 0 aliphatic heterocycles. The van der Waals surface area contributed by atoms with Crippen molar-refractivity contribution in [3.05, 3.63) is 48.2 Å². The summed E-state index contributed by atoms with van der Waals surface area (Å²) in [5.41, 5.74) is 0.0775. The van der Waals surface area contributed by atoms with Gasteiger partial charge in [0.05, 0.1) is 6.10 Å². The standard InChI is InChI=1S/C15H15NO4/c1-10(2)19-13-8-5-9-16-14(13)20-12-7-4-3-6-11(12)15(17)18/h3-10H,1-2H3,(H,17,18). The van der Waals surface area contributed by atoms with E-state index in [1.54, 1.807) is 36.5 Å². The molecule has 1 heterocycles. The first kappa shape index (κ1) is 13.9. The number of para-hydroxylation sites is 1. The van der Waals surface area contributed by atoms with Crippen LogP contribution in [-0.2, 0) is 0 Å². The average Bonchev–Trinajstić information content (AvgIpc) is 2.41. The highest BCUT2D eigenvalue weighted by atomic mass is 16.5. The Morgan fingerprint density at radius 2 is 1.85 bits per heavy atom. The number of aromatic carboxylic acids is 1. The summed E-state index contributed by atoms with van der Waals surface area (Å²) < 4.78 is 11.2. The van der Waals surface area contributed by atoms with Gasteiger partial charge >= 0.3 is 5.97 Å². The number of benzene rings is 1. The van der Waals surface area contributed by atoms with E-state index >= 15 is 0 Å². The van der Waals surface area contributed by atoms with E-state index in [4.69, 9.17) is 14.6 Å². The fourth-order valence-corrected chi connectivity index (χ4v) is 1.63. The molecule has 0 fully saturated rings. The van der Waals surface area contributed by atoms with Gasteiger partial charge in [-0.15, -0.1) is 0 Å². The van der Waals surface area contributed by atoms with Gasteiger partial charge in [0, 0.05) is 6.20 Å². The molecule has 1 N–H and O–H groups in total. The zero-order chi connectivity index (χ0) is 14.5. The second-order valence-corrected chi connectivity index (χ2v) is 4.38. The highest BCUT2D eigenvalue weighted by Crippen LogP contribution is 2.31. The van der Waals surface area contributed by atoms with Crippen molar-refractivity contribution in [1.82, 2.24) is 4.98 Å². The van der Waals surface area contributed by atoms with Gasteiger partial charge in [0.15, 0.2) is 5.75 Å². The largest absolute Gasteiger partial charge is 0.485 e. The number of aromatic nitrogens is 1. The van der Waals surface area contributed by atoms with Gasteiger partial charge in [-0.1, -0.05) is 12.1 Å². The molecule has 2 aromatic rings. The van der Waals surface area contributed by atoms with Crippen molar-refractivity contribution in [2.75, 3.05) is 0 Å². The zero-order valence-electron chi connectivity index (χ0n) is 11.2. The molecule has 0 unspecified atom stereocenters. The summed E-state index contributed by atoms with van der Waals surface area (Å²) in [6.45, 7) is 3.78. The van der Waals surface area contributed by atoms with E-state index in [0.717, 1.165) is 0 Å². The van der Waals surface area contributed by atoms with Crippen LogP contribution < -0.4 is 9.47 Å². The molecular weight excluding hydrogens is 258 g/mol. The second-order valence-electron chi connectivity index (χ2n) is 4.38. The number of carboxylic acids is 1. The first-order valence-corrected chi connectivity index (χ1v) is 6.20. The zero-order valence-corrected chi connectivity index (χ0v) is 11.2. The van der Waals surface area contributed by atoms with Crippen molar-refractivity contribution >= 4 is 5.97 Å². The molecule has 5 heteroatoms. The fourth-order valence-electron chi connectivity index (χ4n) is 1.63. The Bertz CT molecular complexity index is 610. The van der Waals surface area contributed by atoms with Gasteiger partial charge in [-0.25, -0.2) is 9.78 Å². The average molecular weight is 273 g/mol. The quantitative estimate of drug-likeness (QED) is 0.904. The molecule has 0 saturated carbocycles. The van der Waals surface area contributed by atoms with Crippen LogP contribution in [-0.4, -0.2) is 22.2 Å². The Morgan fingerprint density at radius 3 is 2.55 bits per heavy atom. The van der Waals surface area contributed by atoms with E-state index < -0.39 is 5.97 Å². The van der Waals surface area contributed by atoms with E-state index in [9.17, 15) is 4.79 Å². The van der Waals surface area contributed by atoms with Crippen molar-refractivity contribution < 1.29 is 19.4 Å². The summed E-state index contributed by atoms with van der Waals surface area (Å²) in [6.07, 6.45) is 1.53. The molecule has 0 spiro atoms. The Labute approximate surface area is 116 Å². The van der Waals surface area contributed by atoms with Gasteiger partial charge in [0.2, 0.25) is 0 Å². The Kier molecular flexibility index (Phi) is 4.20. The molecular formula is C15H15NO4. The Hall–Kier alpha value is -2.56. The molecule has 0 atom stereocenters. The third-order valence-electron chi connectivity index (χ3n) is 2.42. The van der Waals surface area contributed by atoms with E-state index in [1.807, 2.05) is 13.8 Å². The molecule has 104 valence electrons. The molecule has 1 aromatic carbocycles. The van der Waals surface area contributed by atoms with Crippen LogP contribution in [0.15, 0.2) is 42.6 Å². The maximum Gasteiger partial charge on any atom is 0.339 e. The third kappa shape index (κ3) is 3.26. The van der Waals surface area contributed by atoms with E-state index in [1.165, 1.54) is 6.07 Å². The van der Waals surface area contributed by atoms with Crippen LogP contribution in [0.1, 0.15) is 24.2 Å². The van der Waals surface area contributed by atoms with Crippen LogP contribution >= 0.6 is 0 Å². The fraction of sp³-hybridized carbons (Fsp3) is 0.200. The van der Waals surface area contributed by atoms with Gasteiger partial charge in [0.1, 0.15) is 11.3 Å². The molecule has 20 heavy (non-hydrogen) atoms. The normalized spacial score (nSPS) is 10.3. The van der Waals surface area contributed by atoms with Crippen molar-refractivity contribution in [3.63, 3.8) is 0 Å². The molecule has 0 aliphatic carbocycles. The van der Waals surface area contributed by atoms with Gasteiger partial charge in [-0.3, -0.25) is 0 Å². The van der Waals surface area contributed by atoms with E-state index in [0.29, 0.717) is 5.75 Å². The van der Waals surface area contributed by atoms with Crippen molar-refractivity contribution in [2.24, 2.45) is 0 Å². The molecule has 1 aromatic heterocycles. The predicted molar refractivity (Wildman–Crippen MR) is 73.5 cm³/mol. The van der Waals surface area contributed by atoms with Gasteiger partial charge in [0.25, 0.3) is 5.88 Å². The summed E-state index contributed by atoms with van der Waals surface area (Å²) in [6, 6.07) is 9.86. The summed E-state index contributed by atoms with van der Waals surface area (Å²) in [4.78, 5) is 15.2. The maximum atomic E-state index is 11.1. The van der Waals surface area contributed by atoms with Crippen LogP contribution in [0.3, 0.4) is 0 Å². The number of pyridine rings is 1. The van der Waals surface area contributed by atoms with Crippen LogP contribution in [0, 0.1) is 0 Å². The minimum absolute atomic E-state index is 0.0312. The molecule has 0 saturated heterocycles. The molecule has 0 aliphatic rings. The van der Waals surface area contributed by atoms with Crippen molar-refractivity contribution in [3.8, 4) is 17.4 Å². The van der Waals surface area contributed by atoms with Crippen LogP contribution in [0.5, 0.6) is 17.4 Å². The topological polar surface area (TPSA) is 68.7 Å². The van der Waals surface area contributed by atoms with Gasteiger partial charge < -0.3 is 14.6 Å². The number of ether oxygens (including phenoxy) is 2. The van der Waals surface area contributed by atoms with Crippen LogP contribution in [0.25, 0.3) is 0 Å². The lowest BCUT2D eigenvalue weighted by Crippen LogP contribution is -2.07. The summed E-state index contributed by atoms with van der Waals surface area (Å²) in [7, 11) is 0. The number of nitrogens with zero attached hydrogens (tertiary/aromatic N) is 1. The summed E-state index contributed by atoms with van der Waals surface area (Å²) in [5.74, 6) is -0.104. The highest BCUT2D eigenvalue weighted by Gasteiger charge is 2.14. The number of hydrogen-bond acceptors (Lipinski definition) is 4. The van der Waals surface area contributed by atoms with Crippen LogP contribution in [0.4, 0.5) is 0 Å². The molecule has 0 amide bonds. The van der Waals surface area contributed by atoms with Gasteiger partial charge in [-0.2, -0.15) is 0 Å². The summed E-state index contributed by atoms with van der Waals surface area (Å²) in [5, 5.41) is 9.13. The smallest absolute Gasteiger partial charge is 0.339 e. The summed E-state index contributed by atoms with van der Waals surface area (Å²) >= 11 is 0. The second kappa shape index (κ2) is 6.06. The lowest BCUT2D eigenvalue weighted by atomic mass is 10.2. The molecule has 0 bridgehead atoms. The minimum atomic E-state index is -1.05. The first-order valence-electron chi connectivity index (χ1n) is 6.20. The number of rotatable bonds is 5. The van der Waals surface area contributed by atoms with E-state index in [-0.39, 0.29) is 23.3 Å². The monoisotopic (exact) mass is 273 g/mol. The third-order valence-corrected chi connectivity index (χ3v) is 2.42. The molecule has 2 rings (SSSR count). The van der Waals surface area contributed by atoms with E-state index in [2.05, 4.69) is 4.98 Å². The lowest BCUT2D eigenvalue weighted by Gasteiger charge is -2.14. The Morgan fingerprint density at radius 1 is 1.15 bits per heavy atom. The molecule has 0 radical (unpaired) electrons.